The molecular weight excluding hydrogens is 320 g/mol. The zero-order valence-corrected chi connectivity index (χ0v) is 12.5. The molecule has 0 spiro atoms. The Hall–Kier alpha value is -2.01. The molecule has 0 N–H and O–H groups in total. The van der Waals surface area contributed by atoms with Crippen molar-refractivity contribution in [2.45, 2.75) is 6.61 Å². The number of ether oxygens (including phenoxy) is 1. The Labute approximate surface area is 125 Å². The van der Waals surface area contributed by atoms with Gasteiger partial charge in [-0.25, -0.2) is 4.98 Å². The minimum atomic E-state index is 0.481. The van der Waals surface area contributed by atoms with Crippen molar-refractivity contribution in [3.63, 3.8) is 0 Å². The summed E-state index contributed by atoms with van der Waals surface area (Å²) in [5, 5.41) is 1.00. The molecule has 1 aromatic carbocycles. The summed E-state index contributed by atoms with van der Waals surface area (Å²) in [4.78, 5) is 10.0. The minimum Gasteiger partial charge on any atom is -0.479 e. The van der Waals surface area contributed by atoms with E-state index in [1.54, 1.807) is 18.0 Å². The molecular formula is C15H13BrN2O2. The first-order valence-corrected chi connectivity index (χ1v) is 6.95. The number of fused-ring (bicyclic) bond motifs is 1. The smallest absolute Gasteiger partial charge is 0.241 e. The molecule has 0 amide bonds. The molecule has 102 valence electrons. The predicted octanol–water partition coefficient (Wildman–Crippen LogP) is 3.44. The zero-order valence-electron chi connectivity index (χ0n) is 10.9. The second-order valence-corrected chi connectivity index (χ2v) is 5.13. The molecule has 5 heteroatoms. The van der Waals surface area contributed by atoms with Crippen LogP contribution in [-0.4, -0.2) is 16.8 Å². The van der Waals surface area contributed by atoms with Gasteiger partial charge in [-0.1, -0.05) is 30.3 Å². The van der Waals surface area contributed by atoms with Crippen molar-refractivity contribution in [2.24, 2.45) is 0 Å². The highest BCUT2D eigenvalue weighted by molar-refractivity contribution is 9.10. The van der Waals surface area contributed by atoms with Crippen molar-refractivity contribution in [1.82, 2.24) is 9.71 Å². The van der Waals surface area contributed by atoms with Gasteiger partial charge < -0.3 is 9.57 Å². The summed E-state index contributed by atoms with van der Waals surface area (Å²) in [6.45, 7) is 0.481. The van der Waals surface area contributed by atoms with Gasteiger partial charge in [0, 0.05) is 16.1 Å². The largest absolute Gasteiger partial charge is 0.479 e. The van der Waals surface area contributed by atoms with E-state index in [1.807, 2.05) is 42.6 Å². The number of nitrogens with zero attached hydrogens (tertiary/aromatic N) is 2. The molecule has 3 aromatic rings. The number of benzene rings is 1. The third-order valence-corrected chi connectivity index (χ3v) is 3.64. The number of rotatable bonds is 4. The molecule has 0 fully saturated rings. The van der Waals surface area contributed by atoms with Crippen LogP contribution in [0.5, 0.6) is 5.88 Å². The Balaban J connectivity index is 1.95. The first kappa shape index (κ1) is 13.0. The van der Waals surface area contributed by atoms with Gasteiger partial charge in [-0.15, -0.1) is 0 Å². The maximum atomic E-state index is 5.84. The van der Waals surface area contributed by atoms with E-state index in [0.29, 0.717) is 12.5 Å². The second kappa shape index (κ2) is 5.54. The van der Waals surface area contributed by atoms with Crippen LogP contribution in [0.15, 0.2) is 53.3 Å². The molecule has 0 radical (unpaired) electrons. The fourth-order valence-electron chi connectivity index (χ4n) is 2.05. The molecule has 20 heavy (non-hydrogen) atoms. The van der Waals surface area contributed by atoms with Crippen LogP contribution >= 0.6 is 15.9 Å². The van der Waals surface area contributed by atoms with E-state index >= 15 is 0 Å². The van der Waals surface area contributed by atoms with Crippen molar-refractivity contribution in [3.05, 3.63) is 58.8 Å². The lowest BCUT2D eigenvalue weighted by molar-refractivity contribution is 0.106. The van der Waals surface area contributed by atoms with Gasteiger partial charge in [0.1, 0.15) is 12.1 Å². The Kier molecular flexibility index (Phi) is 3.60. The van der Waals surface area contributed by atoms with Crippen LogP contribution < -0.4 is 9.57 Å². The number of hydrogen-bond acceptors (Lipinski definition) is 3. The summed E-state index contributed by atoms with van der Waals surface area (Å²) in [5.41, 5.74) is 1.92. The van der Waals surface area contributed by atoms with Crippen LogP contribution in [0.4, 0.5) is 0 Å². The van der Waals surface area contributed by atoms with Gasteiger partial charge in [-0.2, -0.15) is 4.73 Å². The third-order valence-electron chi connectivity index (χ3n) is 3.01. The lowest BCUT2D eigenvalue weighted by Crippen LogP contribution is -2.10. The molecule has 2 aromatic heterocycles. The van der Waals surface area contributed by atoms with E-state index in [1.165, 1.54) is 0 Å². The zero-order chi connectivity index (χ0) is 13.9. The monoisotopic (exact) mass is 332 g/mol. The summed E-state index contributed by atoms with van der Waals surface area (Å²) in [5.74, 6) is 0.543. The average Bonchev–Trinajstić information content (AvgIpc) is 2.83. The summed E-state index contributed by atoms with van der Waals surface area (Å²) < 4.78 is 7.94. The SMILES string of the molecule is COc1nccc2c(Br)cn(OCc3ccccc3)c12. The third kappa shape index (κ3) is 2.36. The average molecular weight is 333 g/mol. The number of hydrogen-bond donors (Lipinski definition) is 0. The number of methoxy groups -OCH3 is 1. The molecule has 4 nitrogen and oxygen atoms in total. The van der Waals surface area contributed by atoms with E-state index in [4.69, 9.17) is 9.57 Å². The Morgan fingerprint density at radius 2 is 2.00 bits per heavy atom. The van der Waals surface area contributed by atoms with Crippen molar-refractivity contribution in [1.29, 1.82) is 0 Å². The molecule has 0 saturated heterocycles. The quantitative estimate of drug-likeness (QED) is 0.734. The lowest BCUT2D eigenvalue weighted by Gasteiger charge is -2.09. The summed E-state index contributed by atoms with van der Waals surface area (Å²) in [7, 11) is 1.60. The molecule has 0 saturated carbocycles. The van der Waals surface area contributed by atoms with Crippen molar-refractivity contribution < 1.29 is 9.57 Å². The molecule has 0 aliphatic carbocycles. The van der Waals surface area contributed by atoms with Crippen molar-refractivity contribution in [3.8, 4) is 5.88 Å². The van der Waals surface area contributed by atoms with E-state index in [-0.39, 0.29) is 0 Å². The highest BCUT2D eigenvalue weighted by Gasteiger charge is 2.13. The normalized spacial score (nSPS) is 10.7. The fourth-order valence-corrected chi connectivity index (χ4v) is 2.55. The van der Waals surface area contributed by atoms with E-state index in [9.17, 15) is 0 Å². The number of halogens is 1. The van der Waals surface area contributed by atoms with Crippen molar-refractivity contribution in [2.75, 3.05) is 7.11 Å². The molecule has 0 bridgehead atoms. The van der Waals surface area contributed by atoms with Crippen molar-refractivity contribution >= 4 is 26.8 Å². The van der Waals surface area contributed by atoms with Gasteiger partial charge in [0.2, 0.25) is 5.88 Å². The van der Waals surface area contributed by atoms with Gasteiger partial charge >= 0.3 is 0 Å². The topological polar surface area (TPSA) is 36.3 Å². The maximum Gasteiger partial charge on any atom is 0.241 e. The van der Waals surface area contributed by atoms with Crippen LogP contribution in [-0.2, 0) is 6.61 Å². The molecule has 0 aliphatic heterocycles. The second-order valence-electron chi connectivity index (χ2n) is 4.28. The molecule has 0 atom stereocenters. The molecule has 0 aliphatic rings. The van der Waals surface area contributed by atoms with Crippen LogP contribution in [0.2, 0.25) is 0 Å². The number of aromatic nitrogens is 2. The maximum absolute atomic E-state index is 5.84. The van der Waals surface area contributed by atoms with Crippen LogP contribution in [0.25, 0.3) is 10.9 Å². The van der Waals surface area contributed by atoms with E-state index in [2.05, 4.69) is 20.9 Å². The Morgan fingerprint density at radius 1 is 1.20 bits per heavy atom. The highest BCUT2D eigenvalue weighted by atomic mass is 79.9. The Bertz CT molecular complexity index is 725. The summed E-state index contributed by atoms with van der Waals surface area (Å²) in [6.07, 6.45) is 3.59. The first-order chi connectivity index (χ1) is 9.79. The first-order valence-electron chi connectivity index (χ1n) is 6.16. The standard InChI is InChI=1S/C15H13BrN2O2/c1-19-15-14-12(7-8-17-15)13(16)9-18(14)20-10-11-5-3-2-4-6-11/h2-9H,10H2,1H3. The summed E-state index contributed by atoms with van der Waals surface area (Å²) >= 11 is 3.52. The lowest BCUT2D eigenvalue weighted by atomic mass is 10.2. The van der Waals surface area contributed by atoms with Gasteiger partial charge in [-0.3, -0.25) is 0 Å². The summed E-state index contributed by atoms with van der Waals surface area (Å²) in [6, 6.07) is 11.9. The van der Waals surface area contributed by atoms with Crippen LogP contribution in [0.1, 0.15) is 5.56 Å². The molecule has 2 heterocycles. The Morgan fingerprint density at radius 3 is 2.75 bits per heavy atom. The van der Waals surface area contributed by atoms with Crippen LogP contribution in [0.3, 0.4) is 0 Å². The van der Waals surface area contributed by atoms with E-state index in [0.717, 1.165) is 20.9 Å². The molecule has 0 unspecified atom stereocenters. The minimum absolute atomic E-state index is 0.481. The molecule has 3 rings (SSSR count). The fraction of sp³-hybridized carbons (Fsp3) is 0.133. The van der Waals surface area contributed by atoms with Gasteiger partial charge in [0.15, 0.2) is 0 Å². The predicted molar refractivity (Wildman–Crippen MR) is 80.7 cm³/mol. The van der Waals surface area contributed by atoms with Gasteiger partial charge in [0.25, 0.3) is 0 Å². The van der Waals surface area contributed by atoms with Crippen LogP contribution in [0, 0.1) is 0 Å². The van der Waals surface area contributed by atoms with Gasteiger partial charge in [0.05, 0.1) is 13.3 Å². The van der Waals surface area contributed by atoms with Gasteiger partial charge in [-0.05, 0) is 27.6 Å². The van der Waals surface area contributed by atoms with E-state index < -0.39 is 0 Å². The number of pyridine rings is 1. The highest BCUT2D eigenvalue weighted by Crippen LogP contribution is 2.30.